The lowest BCUT2D eigenvalue weighted by Crippen LogP contribution is -2.51. The summed E-state index contributed by atoms with van der Waals surface area (Å²) in [5.41, 5.74) is 4.42. The zero-order valence-electron chi connectivity index (χ0n) is 23.4. The summed E-state index contributed by atoms with van der Waals surface area (Å²) in [5.74, 6) is 0.503. The number of amides is 2. The first-order valence-electron chi connectivity index (χ1n) is 13.8. The summed E-state index contributed by atoms with van der Waals surface area (Å²) < 4.78 is 5.36. The van der Waals surface area contributed by atoms with Crippen LogP contribution in [0.4, 0.5) is 11.4 Å². The molecule has 0 bridgehead atoms. The van der Waals surface area contributed by atoms with Gasteiger partial charge >= 0.3 is 0 Å². The number of rotatable bonds is 8. The average molecular weight is 565 g/mol. The van der Waals surface area contributed by atoms with Gasteiger partial charge in [0.2, 0.25) is 11.8 Å². The molecule has 1 aromatic heterocycles. The maximum Gasteiger partial charge on any atom is 0.241 e. The molecule has 1 saturated heterocycles. The van der Waals surface area contributed by atoms with Gasteiger partial charge in [0.05, 0.1) is 37.1 Å². The highest BCUT2D eigenvalue weighted by atomic mass is 35.5. The number of aromatic nitrogens is 1. The Kier molecular flexibility index (Phi) is 8.73. The maximum atomic E-state index is 13.2. The Hall–Kier alpha value is -3.40. The summed E-state index contributed by atoms with van der Waals surface area (Å²) in [6.07, 6.45) is 0.716. The van der Waals surface area contributed by atoms with Gasteiger partial charge in [0.1, 0.15) is 5.75 Å². The molecule has 0 unspecified atom stereocenters. The summed E-state index contributed by atoms with van der Waals surface area (Å²) in [4.78, 5) is 37.5. The second-order valence-electron chi connectivity index (χ2n) is 10.6. The van der Waals surface area contributed by atoms with Crippen LogP contribution < -0.4 is 15.4 Å². The maximum absolute atomic E-state index is 13.2. The van der Waals surface area contributed by atoms with Crippen molar-refractivity contribution in [3.8, 4) is 5.75 Å². The van der Waals surface area contributed by atoms with E-state index in [-0.39, 0.29) is 24.9 Å². The molecular weight excluding hydrogens is 528 g/mol. The minimum Gasteiger partial charge on any atom is -0.495 e. The standard InChI is InChI=1S/C30H37ClN6O3/c1-20(2)36-12-14-37(15-13-36)29(39)17-32-30-22-6-4-5-7-24(22)33-25-10-11-35(18-23(25)30)19-28(38)34-26-16-21(31)8-9-27(26)40-3/h4-9,16,20H,10-15,17-19H2,1-3H3,(H,32,33)(H,34,38). The third-order valence-corrected chi connectivity index (χ3v) is 7.98. The van der Waals surface area contributed by atoms with Crippen LogP contribution in [0.1, 0.15) is 25.1 Å². The number of fused-ring (bicyclic) bond motifs is 2. The van der Waals surface area contributed by atoms with E-state index in [9.17, 15) is 9.59 Å². The van der Waals surface area contributed by atoms with Gasteiger partial charge in [0, 0.05) is 73.4 Å². The number of nitrogens with one attached hydrogen (secondary N) is 2. The fraction of sp³-hybridized carbons (Fsp3) is 0.433. The molecule has 0 saturated carbocycles. The summed E-state index contributed by atoms with van der Waals surface area (Å²) >= 11 is 6.13. The van der Waals surface area contributed by atoms with Crippen LogP contribution in [0.15, 0.2) is 42.5 Å². The highest BCUT2D eigenvalue weighted by Crippen LogP contribution is 2.33. The van der Waals surface area contributed by atoms with Crippen molar-refractivity contribution in [1.29, 1.82) is 0 Å². The number of piperazine rings is 1. The Labute approximate surface area is 240 Å². The predicted octanol–water partition coefficient (Wildman–Crippen LogP) is 3.86. The van der Waals surface area contributed by atoms with Gasteiger partial charge in [-0.15, -0.1) is 0 Å². The Morgan fingerprint density at radius 3 is 2.60 bits per heavy atom. The lowest BCUT2D eigenvalue weighted by Gasteiger charge is -2.37. The third-order valence-electron chi connectivity index (χ3n) is 7.74. The van der Waals surface area contributed by atoms with Crippen LogP contribution in [0.3, 0.4) is 0 Å². The van der Waals surface area contributed by atoms with Gasteiger partial charge in [-0.05, 0) is 38.1 Å². The van der Waals surface area contributed by atoms with E-state index in [1.807, 2.05) is 29.2 Å². The van der Waals surface area contributed by atoms with E-state index in [4.69, 9.17) is 21.3 Å². The zero-order valence-corrected chi connectivity index (χ0v) is 24.1. The molecule has 10 heteroatoms. The summed E-state index contributed by atoms with van der Waals surface area (Å²) in [6.45, 7) is 9.35. The molecule has 1 fully saturated rings. The molecule has 0 radical (unpaired) electrons. The number of anilines is 2. The number of hydrogen-bond donors (Lipinski definition) is 2. The summed E-state index contributed by atoms with van der Waals surface area (Å²) in [7, 11) is 1.56. The largest absolute Gasteiger partial charge is 0.495 e. The first kappa shape index (κ1) is 28.1. The molecule has 2 amide bonds. The smallest absolute Gasteiger partial charge is 0.241 e. The van der Waals surface area contributed by atoms with Crippen LogP contribution in [0.25, 0.3) is 10.9 Å². The molecule has 2 aliphatic heterocycles. The van der Waals surface area contributed by atoms with E-state index in [1.54, 1.807) is 25.3 Å². The van der Waals surface area contributed by atoms with Gasteiger partial charge in [-0.1, -0.05) is 29.8 Å². The molecule has 0 atom stereocenters. The summed E-state index contributed by atoms with van der Waals surface area (Å²) in [5, 5.41) is 7.91. The normalized spacial score (nSPS) is 16.2. The highest BCUT2D eigenvalue weighted by Gasteiger charge is 2.26. The number of carbonyl (C=O) groups is 2. The Balaban J connectivity index is 1.30. The minimum atomic E-state index is -0.150. The molecule has 0 spiro atoms. The number of para-hydroxylation sites is 1. The Bertz CT molecular complexity index is 1390. The number of halogens is 1. The highest BCUT2D eigenvalue weighted by molar-refractivity contribution is 6.31. The van der Waals surface area contributed by atoms with E-state index in [2.05, 4.69) is 34.3 Å². The van der Waals surface area contributed by atoms with Crippen molar-refractivity contribution in [3.63, 3.8) is 0 Å². The predicted molar refractivity (Wildman–Crippen MR) is 159 cm³/mol. The van der Waals surface area contributed by atoms with E-state index in [0.717, 1.165) is 54.0 Å². The number of methoxy groups -OCH3 is 1. The summed E-state index contributed by atoms with van der Waals surface area (Å²) in [6, 6.07) is 13.6. The molecule has 2 aliphatic rings. The number of hydrogen-bond acceptors (Lipinski definition) is 7. The molecule has 0 aliphatic carbocycles. The van der Waals surface area contributed by atoms with E-state index in [1.165, 1.54) is 0 Å². The van der Waals surface area contributed by atoms with Gasteiger partial charge in [0.15, 0.2) is 0 Å². The third kappa shape index (κ3) is 6.32. The van der Waals surface area contributed by atoms with Gasteiger partial charge in [-0.25, -0.2) is 0 Å². The van der Waals surface area contributed by atoms with Crippen LogP contribution in [0, 0.1) is 0 Å². The van der Waals surface area contributed by atoms with Crippen molar-refractivity contribution < 1.29 is 14.3 Å². The molecule has 40 heavy (non-hydrogen) atoms. The fourth-order valence-electron chi connectivity index (χ4n) is 5.52. The molecule has 2 aromatic carbocycles. The molecule has 5 rings (SSSR count). The Morgan fingerprint density at radius 1 is 1.07 bits per heavy atom. The Morgan fingerprint density at radius 2 is 1.85 bits per heavy atom. The molecule has 3 aromatic rings. The number of ether oxygens (including phenoxy) is 1. The van der Waals surface area contributed by atoms with Crippen molar-refractivity contribution in [2.75, 3.05) is 63.6 Å². The van der Waals surface area contributed by atoms with Crippen LogP contribution in [0.2, 0.25) is 5.02 Å². The van der Waals surface area contributed by atoms with Gasteiger partial charge < -0.3 is 20.3 Å². The van der Waals surface area contributed by atoms with Crippen LogP contribution >= 0.6 is 11.6 Å². The lowest BCUT2D eigenvalue weighted by molar-refractivity contribution is -0.131. The molecular formula is C30H37ClN6O3. The lowest BCUT2D eigenvalue weighted by atomic mass is 9.99. The molecule has 3 heterocycles. The van der Waals surface area contributed by atoms with E-state index in [0.29, 0.717) is 42.0 Å². The number of nitrogens with zero attached hydrogens (tertiary/aromatic N) is 4. The van der Waals surface area contributed by atoms with Crippen LogP contribution in [-0.2, 0) is 22.6 Å². The van der Waals surface area contributed by atoms with Crippen LogP contribution in [-0.4, -0.2) is 90.5 Å². The minimum absolute atomic E-state index is 0.0977. The van der Waals surface area contributed by atoms with Gasteiger partial charge in [-0.2, -0.15) is 0 Å². The zero-order chi connectivity index (χ0) is 28.2. The molecule has 2 N–H and O–H groups in total. The van der Waals surface area contributed by atoms with Gasteiger partial charge in [-0.3, -0.25) is 24.4 Å². The molecule has 9 nitrogen and oxygen atoms in total. The second-order valence-corrected chi connectivity index (χ2v) is 11.1. The fourth-order valence-corrected chi connectivity index (χ4v) is 5.69. The van der Waals surface area contributed by atoms with Crippen molar-refractivity contribution in [1.82, 2.24) is 19.7 Å². The second kappa shape index (κ2) is 12.4. The average Bonchev–Trinajstić information content (AvgIpc) is 2.95. The quantitative estimate of drug-likeness (QED) is 0.429. The van der Waals surface area contributed by atoms with Crippen molar-refractivity contribution in [2.24, 2.45) is 0 Å². The first-order valence-corrected chi connectivity index (χ1v) is 14.2. The number of benzene rings is 2. The van der Waals surface area contributed by atoms with E-state index < -0.39 is 0 Å². The number of pyridine rings is 1. The molecule has 212 valence electrons. The van der Waals surface area contributed by atoms with Crippen molar-refractivity contribution in [3.05, 3.63) is 58.7 Å². The first-order chi connectivity index (χ1) is 19.3. The SMILES string of the molecule is COc1ccc(Cl)cc1NC(=O)CN1CCc2nc3ccccc3c(NCC(=O)N3CCN(C(C)C)CC3)c2C1. The van der Waals surface area contributed by atoms with Crippen molar-refractivity contribution in [2.45, 2.75) is 32.9 Å². The van der Waals surface area contributed by atoms with Crippen LogP contribution in [0.5, 0.6) is 5.75 Å². The van der Waals surface area contributed by atoms with Gasteiger partial charge in [0.25, 0.3) is 0 Å². The topological polar surface area (TPSA) is 90.0 Å². The van der Waals surface area contributed by atoms with E-state index >= 15 is 0 Å². The monoisotopic (exact) mass is 564 g/mol. The van der Waals surface area contributed by atoms with Crippen molar-refractivity contribution >= 4 is 45.7 Å². The number of carbonyl (C=O) groups excluding carboxylic acids is 2.